The van der Waals surface area contributed by atoms with Crippen molar-refractivity contribution in [2.45, 2.75) is 20.8 Å². The summed E-state index contributed by atoms with van der Waals surface area (Å²) in [5.74, 6) is 0.119. The number of benzene rings is 2. The van der Waals surface area contributed by atoms with E-state index in [4.69, 9.17) is 10.1 Å². The molecule has 5 rings (SSSR count). The molecule has 1 saturated heterocycles. The molecule has 7 heteroatoms. The number of hydrogen-bond donors (Lipinski definition) is 0. The van der Waals surface area contributed by atoms with Gasteiger partial charge in [0.2, 0.25) is 0 Å². The largest absolute Gasteiger partial charge is 0.344 e. The van der Waals surface area contributed by atoms with Crippen LogP contribution in [0.1, 0.15) is 27.2 Å². The summed E-state index contributed by atoms with van der Waals surface area (Å²) in [4.78, 5) is 22.1. The van der Waals surface area contributed by atoms with Crippen LogP contribution in [-0.2, 0) is 0 Å². The van der Waals surface area contributed by atoms with E-state index in [1.165, 1.54) is 5.56 Å². The van der Waals surface area contributed by atoms with Gasteiger partial charge in [-0.2, -0.15) is 10.1 Å². The third-order valence-electron chi connectivity index (χ3n) is 5.84. The van der Waals surface area contributed by atoms with Crippen LogP contribution in [0, 0.1) is 20.8 Å². The smallest absolute Gasteiger partial charge is 0.254 e. The van der Waals surface area contributed by atoms with Gasteiger partial charge >= 0.3 is 0 Å². The molecule has 4 aromatic rings. The number of anilines is 1. The number of aromatic nitrogens is 3. The highest BCUT2D eigenvalue weighted by Crippen LogP contribution is 2.33. The van der Waals surface area contributed by atoms with Gasteiger partial charge in [0.1, 0.15) is 0 Å². The fraction of sp³-hybridized carbons (Fsp3) is 0.292. The van der Waals surface area contributed by atoms with Crippen molar-refractivity contribution < 1.29 is 4.79 Å². The molecule has 1 amide bonds. The fourth-order valence-corrected chi connectivity index (χ4v) is 5.12. The molecule has 0 aliphatic carbocycles. The van der Waals surface area contributed by atoms with Gasteiger partial charge in [0.05, 0.1) is 16.1 Å². The van der Waals surface area contributed by atoms with Gasteiger partial charge in [-0.15, -0.1) is 0 Å². The molecular formula is C24H25N5OS. The third-order valence-corrected chi connectivity index (χ3v) is 7.05. The average Bonchev–Trinajstić information content (AvgIpc) is 3.34. The molecule has 1 aliphatic heterocycles. The number of rotatable bonds is 3. The summed E-state index contributed by atoms with van der Waals surface area (Å²) in [6.07, 6.45) is 0. The lowest BCUT2D eigenvalue weighted by Crippen LogP contribution is -2.48. The van der Waals surface area contributed by atoms with Gasteiger partial charge < -0.3 is 9.80 Å². The number of piperazine rings is 1. The molecule has 0 N–H and O–H groups in total. The lowest BCUT2D eigenvalue weighted by atomic mass is 10.1. The van der Waals surface area contributed by atoms with E-state index in [0.29, 0.717) is 13.1 Å². The first kappa shape index (κ1) is 19.8. The van der Waals surface area contributed by atoms with Gasteiger partial charge in [0.25, 0.3) is 5.91 Å². The maximum absolute atomic E-state index is 12.9. The highest BCUT2D eigenvalue weighted by molar-refractivity contribution is 7.22. The minimum atomic E-state index is 0.119. The molecule has 0 bridgehead atoms. The van der Waals surface area contributed by atoms with Crippen molar-refractivity contribution in [3.63, 3.8) is 0 Å². The van der Waals surface area contributed by atoms with E-state index in [2.05, 4.69) is 30.0 Å². The number of thiazole rings is 1. The van der Waals surface area contributed by atoms with Crippen LogP contribution < -0.4 is 4.90 Å². The van der Waals surface area contributed by atoms with Crippen LogP contribution in [0.5, 0.6) is 0 Å². The molecule has 2 aromatic carbocycles. The Bertz CT molecular complexity index is 1270. The highest BCUT2D eigenvalue weighted by atomic mass is 32.1. The maximum Gasteiger partial charge on any atom is 0.254 e. The minimum absolute atomic E-state index is 0.119. The molecule has 0 radical (unpaired) electrons. The van der Waals surface area contributed by atoms with Crippen molar-refractivity contribution in [3.8, 4) is 5.69 Å². The molecule has 31 heavy (non-hydrogen) atoms. The summed E-state index contributed by atoms with van der Waals surface area (Å²) in [5, 5.41) is 5.72. The van der Waals surface area contributed by atoms with Crippen molar-refractivity contribution in [1.29, 1.82) is 0 Å². The summed E-state index contributed by atoms with van der Waals surface area (Å²) in [7, 11) is 0. The van der Waals surface area contributed by atoms with Crippen molar-refractivity contribution >= 4 is 32.7 Å². The molecule has 0 saturated carbocycles. The first-order chi connectivity index (χ1) is 15.0. The van der Waals surface area contributed by atoms with Crippen molar-refractivity contribution in [3.05, 3.63) is 70.9 Å². The van der Waals surface area contributed by atoms with Gasteiger partial charge in [0, 0.05) is 31.7 Å². The Morgan fingerprint density at radius 3 is 2.48 bits per heavy atom. The second-order valence-electron chi connectivity index (χ2n) is 8.08. The molecule has 0 spiro atoms. The topological polar surface area (TPSA) is 54.3 Å². The number of fused-ring (bicyclic) bond motifs is 1. The third kappa shape index (κ3) is 3.59. The van der Waals surface area contributed by atoms with E-state index in [9.17, 15) is 4.79 Å². The standard InChI is InChI=1S/C24H25N5OS/c1-16-7-6-9-19(15-16)29-22-21(18(3)26-29)31-24(25-22)28-13-11-27(12-14-28)23(30)20-10-5-4-8-17(20)2/h4-10,15H,11-14H2,1-3H3. The average molecular weight is 432 g/mol. The maximum atomic E-state index is 12.9. The molecule has 3 heterocycles. The number of nitrogens with zero attached hydrogens (tertiary/aromatic N) is 5. The van der Waals surface area contributed by atoms with Crippen LogP contribution in [0.4, 0.5) is 5.13 Å². The molecule has 2 aromatic heterocycles. The molecule has 1 aliphatic rings. The first-order valence-corrected chi connectivity index (χ1v) is 11.4. The van der Waals surface area contributed by atoms with E-state index in [0.717, 1.165) is 51.1 Å². The molecule has 158 valence electrons. The van der Waals surface area contributed by atoms with Crippen molar-refractivity contribution in [1.82, 2.24) is 19.7 Å². The zero-order valence-corrected chi connectivity index (χ0v) is 18.8. The Morgan fingerprint density at radius 2 is 1.74 bits per heavy atom. The van der Waals surface area contributed by atoms with E-state index in [-0.39, 0.29) is 5.91 Å². The normalized spacial score (nSPS) is 14.4. The van der Waals surface area contributed by atoms with Crippen LogP contribution >= 0.6 is 11.3 Å². The van der Waals surface area contributed by atoms with E-state index in [1.54, 1.807) is 11.3 Å². The second-order valence-corrected chi connectivity index (χ2v) is 9.06. The summed E-state index contributed by atoms with van der Waals surface area (Å²) < 4.78 is 3.06. The van der Waals surface area contributed by atoms with Crippen LogP contribution in [-0.4, -0.2) is 51.8 Å². The number of hydrogen-bond acceptors (Lipinski definition) is 5. The van der Waals surface area contributed by atoms with Crippen LogP contribution in [0.2, 0.25) is 0 Å². The Morgan fingerprint density at radius 1 is 0.968 bits per heavy atom. The molecule has 0 atom stereocenters. The molecular weight excluding hydrogens is 406 g/mol. The first-order valence-electron chi connectivity index (χ1n) is 10.5. The SMILES string of the molecule is Cc1cccc(-n2nc(C)c3sc(N4CCN(C(=O)c5ccccc5C)CC4)nc32)c1. The number of carbonyl (C=O) groups is 1. The van der Waals surface area contributed by atoms with Gasteiger partial charge in [-0.3, -0.25) is 4.79 Å². The summed E-state index contributed by atoms with van der Waals surface area (Å²) in [6.45, 7) is 9.08. The minimum Gasteiger partial charge on any atom is -0.344 e. The predicted octanol–water partition coefficient (Wildman–Crippen LogP) is 4.37. The Balaban J connectivity index is 1.36. The highest BCUT2D eigenvalue weighted by Gasteiger charge is 2.26. The number of aryl methyl sites for hydroxylation is 3. The van der Waals surface area contributed by atoms with Gasteiger partial charge in [-0.1, -0.05) is 41.7 Å². The van der Waals surface area contributed by atoms with Crippen molar-refractivity contribution in [2.75, 3.05) is 31.1 Å². The Hall–Kier alpha value is -3.19. The van der Waals surface area contributed by atoms with Gasteiger partial charge in [0.15, 0.2) is 10.8 Å². The van der Waals surface area contributed by atoms with Crippen LogP contribution in [0.15, 0.2) is 48.5 Å². The van der Waals surface area contributed by atoms with E-state index < -0.39 is 0 Å². The monoisotopic (exact) mass is 431 g/mol. The zero-order chi connectivity index (χ0) is 21.5. The molecule has 0 unspecified atom stereocenters. The van der Waals surface area contributed by atoms with Gasteiger partial charge in [-0.25, -0.2) is 4.68 Å². The lowest BCUT2D eigenvalue weighted by molar-refractivity contribution is 0.0746. The zero-order valence-electron chi connectivity index (χ0n) is 18.0. The quantitative estimate of drug-likeness (QED) is 0.483. The molecule has 6 nitrogen and oxygen atoms in total. The van der Waals surface area contributed by atoms with Crippen molar-refractivity contribution in [2.24, 2.45) is 0 Å². The summed E-state index contributed by atoms with van der Waals surface area (Å²) in [5.41, 5.74) is 5.95. The summed E-state index contributed by atoms with van der Waals surface area (Å²) >= 11 is 1.69. The second kappa shape index (κ2) is 7.81. The van der Waals surface area contributed by atoms with Gasteiger partial charge in [-0.05, 0) is 50.1 Å². The fourth-order valence-electron chi connectivity index (χ4n) is 4.08. The van der Waals surface area contributed by atoms with E-state index in [1.807, 2.05) is 53.8 Å². The lowest BCUT2D eigenvalue weighted by Gasteiger charge is -2.34. The van der Waals surface area contributed by atoms with E-state index >= 15 is 0 Å². The summed E-state index contributed by atoms with van der Waals surface area (Å²) in [6, 6.07) is 16.1. The predicted molar refractivity (Wildman–Crippen MR) is 126 cm³/mol. The molecule has 1 fully saturated rings. The Labute approximate surface area is 185 Å². The van der Waals surface area contributed by atoms with Crippen LogP contribution in [0.3, 0.4) is 0 Å². The Kier molecular flexibility index (Phi) is 4.98. The number of carbonyl (C=O) groups excluding carboxylic acids is 1. The number of amides is 1. The van der Waals surface area contributed by atoms with Crippen LogP contribution in [0.25, 0.3) is 16.0 Å².